The minimum absolute atomic E-state index is 0.00288. The number of anilines is 1. The summed E-state index contributed by atoms with van der Waals surface area (Å²) in [6, 6.07) is 11.4. The number of carbonyl (C=O) groups excluding carboxylic acids is 1. The van der Waals surface area contributed by atoms with E-state index in [2.05, 4.69) is 20.2 Å². The van der Waals surface area contributed by atoms with E-state index in [9.17, 15) is 9.90 Å². The van der Waals surface area contributed by atoms with Crippen molar-refractivity contribution in [2.75, 3.05) is 44.4 Å². The van der Waals surface area contributed by atoms with Crippen LogP contribution in [-0.2, 0) is 4.79 Å². The smallest absolute Gasteiger partial charge is 0.234 e. The molecule has 1 saturated heterocycles. The third-order valence-electron chi connectivity index (χ3n) is 6.36. The maximum absolute atomic E-state index is 11.7. The van der Waals surface area contributed by atoms with E-state index in [4.69, 9.17) is 9.47 Å². The number of nitrogens with one attached hydrogen (secondary N) is 1. The number of ether oxygens (including phenoxy) is 2. The molecule has 1 atom stereocenters. The number of β-amino-alcohol motifs (C(OH)–C–C–N with tert-alkyl or cyclic N) is 1. The second kappa shape index (κ2) is 10.2. The summed E-state index contributed by atoms with van der Waals surface area (Å²) in [6.07, 6.45) is 3.15. The van der Waals surface area contributed by atoms with E-state index in [-0.39, 0.29) is 5.91 Å². The molecule has 1 amide bonds. The second-order valence-electron chi connectivity index (χ2n) is 8.69. The number of amides is 1. The number of aliphatic hydroxyl groups is 1. The number of pyridine rings is 2. The van der Waals surface area contributed by atoms with Gasteiger partial charge < -0.3 is 24.8 Å². The first-order chi connectivity index (χ1) is 16.6. The largest absolute Gasteiger partial charge is 0.491 e. The van der Waals surface area contributed by atoms with E-state index in [1.165, 1.54) is 11.8 Å². The van der Waals surface area contributed by atoms with Gasteiger partial charge in [0.25, 0.3) is 0 Å². The first-order valence-corrected chi connectivity index (χ1v) is 12.5. The molecule has 0 unspecified atom stereocenters. The molecule has 34 heavy (non-hydrogen) atoms. The fraction of sp³-hybridized carbons (Fsp3) is 0.400. The molecule has 5 rings (SSSR count). The van der Waals surface area contributed by atoms with Crippen LogP contribution in [0.4, 0.5) is 5.69 Å². The molecule has 2 aliphatic rings. The summed E-state index contributed by atoms with van der Waals surface area (Å²) in [5.41, 5.74) is 3.12. The van der Waals surface area contributed by atoms with Crippen molar-refractivity contribution in [1.82, 2.24) is 14.9 Å². The number of methoxy groups -OCH3 is 1. The molecular weight excluding hydrogens is 452 g/mol. The van der Waals surface area contributed by atoms with Gasteiger partial charge in [0, 0.05) is 29.8 Å². The van der Waals surface area contributed by atoms with Gasteiger partial charge in [0.2, 0.25) is 11.8 Å². The summed E-state index contributed by atoms with van der Waals surface area (Å²) < 4.78 is 11.4. The Kier molecular flexibility index (Phi) is 6.85. The molecule has 1 aromatic carbocycles. The predicted molar refractivity (Wildman–Crippen MR) is 132 cm³/mol. The van der Waals surface area contributed by atoms with Crippen LogP contribution < -0.4 is 14.8 Å². The lowest BCUT2D eigenvalue weighted by molar-refractivity contribution is -0.113. The van der Waals surface area contributed by atoms with Crippen molar-refractivity contribution in [2.24, 2.45) is 5.92 Å². The SMILES string of the molecule is COc1ccc2nccc(OCC3CCN(C[C@@H](O)c4ccc5c(c4)NC(=O)CS5)CC3)c2n1. The number of thioether (sulfide) groups is 1. The van der Waals surface area contributed by atoms with Crippen molar-refractivity contribution in [3.05, 3.63) is 48.2 Å². The van der Waals surface area contributed by atoms with Crippen molar-refractivity contribution in [1.29, 1.82) is 0 Å². The van der Waals surface area contributed by atoms with Crippen LogP contribution in [0.25, 0.3) is 11.0 Å². The Morgan fingerprint density at radius 3 is 2.91 bits per heavy atom. The second-order valence-corrected chi connectivity index (χ2v) is 9.71. The molecule has 2 aromatic heterocycles. The number of hydrogen-bond acceptors (Lipinski definition) is 8. The molecule has 8 nitrogen and oxygen atoms in total. The van der Waals surface area contributed by atoms with E-state index in [0.717, 1.165) is 53.3 Å². The van der Waals surface area contributed by atoms with Crippen LogP contribution in [-0.4, -0.2) is 65.0 Å². The molecule has 0 bridgehead atoms. The van der Waals surface area contributed by atoms with Crippen molar-refractivity contribution < 1.29 is 19.4 Å². The van der Waals surface area contributed by atoms with Crippen LogP contribution in [0.2, 0.25) is 0 Å². The van der Waals surface area contributed by atoms with Crippen LogP contribution in [0.1, 0.15) is 24.5 Å². The minimum atomic E-state index is -0.592. The Hall–Kier alpha value is -2.88. The van der Waals surface area contributed by atoms with E-state index >= 15 is 0 Å². The molecule has 0 radical (unpaired) electrons. The highest BCUT2D eigenvalue weighted by Crippen LogP contribution is 2.34. The number of carbonyl (C=O) groups is 1. The molecule has 178 valence electrons. The Morgan fingerprint density at radius 1 is 1.24 bits per heavy atom. The number of aliphatic hydroxyl groups excluding tert-OH is 1. The average molecular weight is 481 g/mol. The molecule has 0 aliphatic carbocycles. The van der Waals surface area contributed by atoms with Gasteiger partial charge in [0.05, 0.1) is 36.8 Å². The summed E-state index contributed by atoms with van der Waals surface area (Å²) in [5.74, 6) is 2.15. The van der Waals surface area contributed by atoms with Crippen molar-refractivity contribution in [3.63, 3.8) is 0 Å². The molecule has 1 fully saturated rings. The van der Waals surface area contributed by atoms with Crippen LogP contribution in [0.3, 0.4) is 0 Å². The maximum atomic E-state index is 11.7. The van der Waals surface area contributed by atoms with Gasteiger partial charge in [-0.1, -0.05) is 6.07 Å². The van der Waals surface area contributed by atoms with Gasteiger partial charge in [0.15, 0.2) is 0 Å². The van der Waals surface area contributed by atoms with Crippen molar-refractivity contribution in [2.45, 2.75) is 23.8 Å². The normalized spacial score (nSPS) is 17.8. The standard InChI is InChI=1S/C25H28N4O4S/c1-32-24-5-3-18-25(28-24)21(6-9-26-18)33-14-16-7-10-29(11-8-16)13-20(30)17-2-4-22-19(12-17)27-23(31)15-34-22/h2-6,9,12,16,20,30H,7-8,10-11,13-15H2,1H3,(H,27,31)/t20-/m1/s1. The quantitative estimate of drug-likeness (QED) is 0.530. The van der Waals surface area contributed by atoms with Crippen LogP contribution in [0.15, 0.2) is 47.5 Å². The zero-order valence-electron chi connectivity index (χ0n) is 19.1. The molecule has 3 aromatic rings. The first kappa shape index (κ1) is 22.9. The summed E-state index contributed by atoms with van der Waals surface area (Å²) in [4.78, 5) is 23.9. The highest BCUT2D eigenvalue weighted by Gasteiger charge is 2.24. The topological polar surface area (TPSA) is 96.8 Å². The molecule has 4 heterocycles. The number of benzene rings is 1. The minimum Gasteiger partial charge on any atom is -0.491 e. The fourth-order valence-corrected chi connectivity index (χ4v) is 5.20. The molecular formula is C25H28N4O4S. The van der Waals surface area contributed by atoms with Gasteiger partial charge in [-0.15, -0.1) is 11.8 Å². The monoisotopic (exact) mass is 480 g/mol. The lowest BCUT2D eigenvalue weighted by Crippen LogP contribution is -2.38. The summed E-state index contributed by atoms with van der Waals surface area (Å²) in [7, 11) is 1.60. The zero-order chi connectivity index (χ0) is 23.5. The molecule has 2 aliphatic heterocycles. The Bertz CT molecular complexity index is 1180. The van der Waals surface area contributed by atoms with E-state index in [1.807, 2.05) is 30.3 Å². The lowest BCUT2D eigenvalue weighted by Gasteiger charge is -2.33. The number of fused-ring (bicyclic) bond motifs is 2. The highest BCUT2D eigenvalue weighted by molar-refractivity contribution is 8.00. The third kappa shape index (κ3) is 5.11. The van der Waals surface area contributed by atoms with Crippen molar-refractivity contribution in [3.8, 4) is 11.6 Å². The summed E-state index contributed by atoms with van der Waals surface area (Å²) in [6.45, 7) is 3.01. The Labute approximate surface area is 202 Å². The maximum Gasteiger partial charge on any atom is 0.234 e. The summed E-state index contributed by atoms with van der Waals surface area (Å²) in [5, 5.41) is 13.7. The number of aromatic nitrogens is 2. The van der Waals surface area contributed by atoms with E-state index in [0.29, 0.717) is 36.2 Å². The molecule has 0 spiro atoms. The van der Waals surface area contributed by atoms with Gasteiger partial charge in [-0.25, -0.2) is 4.98 Å². The molecule has 0 saturated carbocycles. The van der Waals surface area contributed by atoms with Crippen LogP contribution in [0.5, 0.6) is 11.6 Å². The first-order valence-electron chi connectivity index (χ1n) is 11.5. The number of nitrogens with zero attached hydrogens (tertiary/aromatic N) is 3. The molecule has 9 heteroatoms. The molecule has 2 N–H and O–H groups in total. The number of likely N-dealkylation sites (tertiary alicyclic amines) is 1. The Morgan fingerprint density at radius 2 is 2.09 bits per heavy atom. The van der Waals surface area contributed by atoms with Gasteiger partial charge >= 0.3 is 0 Å². The average Bonchev–Trinajstić information content (AvgIpc) is 2.87. The van der Waals surface area contributed by atoms with Crippen molar-refractivity contribution >= 4 is 34.4 Å². The van der Waals surface area contributed by atoms with E-state index in [1.54, 1.807) is 19.4 Å². The zero-order valence-corrected chi connectivity index (χ0v) is 19.9. The fourth-order valence-electron chi connectivity index (χ4n) is 4.42. The number of hydrogen-bond donors (Lipinski definition) is 2. The van der Waals surface area contributed by atoms with E-state index < -0.39 is 6.10 Å². The van der Waals surface area contributed by atoms with Gasteiger partial charge in [-0.2, -0.15) is 0 Å². The van der Waals surface area contributed by atoms with Crippen LogP contribution in [0, 0.1) is 5.92 Å². The van der Waals surface area contributed by atoms with Gasteiger partial charge in [-0.05, 0) is 55.6 Å². The lowest BCUT2D eigenvalue weighted by atomic mass is 9.97. The number of piperidine rings is 1. The van der Waals surface area contributed by atoms with Gasteiger partial charge in [-0.3, -0.25) is 9.78 Å². The highest BCUT2D eigenvalue weighted by atomic mass is 32.2. The summed E-state index contributed by atoms with van der Waals surface area (Å²) >= 11 is 1.53. The predicted octanol–water partition coefficient (Wildman–Crippen LogP) is 3.51. The Balaban J connectivity index is 1.13. The van der Waals surface area contributed by atoms with Crippen LogP contribution >= 0.6 is 11.8 Å². The third-order valence-corrected chi connectivity index (χ3v) is 7.44. The van der Waals surface area contributed by atoms with Gasteiger partial charge in [0.1, 0.15) is 11.3 Å². The number of rotatable bonds is 7.